The van der Waals surface area contributed by atoms with Gasteiger partial charge < -0.3 is 14.8 Å². The SMILES string of the molecule is c1ccc(-c2ccc(-c3ccccc3N(c3cccc(-c4ccccc4)c3)c3ccc4c(c3)C3(c5ccccc5-4)c4ccccc4-n4c5ccccc5c5cccc3c54)cc2)cc1.c1ccc(-c2ccc(-c3ccccc3Nc3cccc(-c4ccccc4)c3)cc2)cc1. The fourth-order valence-electron chi connectivity index (χ4n) is 14.8. The Balaban J connectivity index is 0.000000182. The van der Waals surface area contributed by atoms with Crippen LogP contribution < -0.4 is 10.2 Å². The molecule has 1 unspecified atom stereocenters. The molecule has 0 bridgehead atoms. The second-order valence-corrected chi connectivity index (χ2v) is 24.4. The summed E-state index contributed by atoms with van der Waals surface area (Å²) in [5, 5.41) is 6.19. The highest BCUT2D eigenvalue weighted by Crippen LogP contribution is 2.62. The molecule has 2 heterocycles. The number of rotatable bonds is 11. The third kappa shape index (κ3) is 9.69. The van der Waals surface area contributed by atoms with E-state index in [-0.39, 0.29) is 0 Å². The minimum atomic E-state index is -0.563. The highest BCUT2D eigenvalue weighted by molar-refractivity contribution is 6.13. The van der Waals surface area contributed by atoms with Crippen LogP contribution in [0.3, 0.4) is 0 Å². The Morgan fingerprint density at radius 3 is 1.38 bits per heavy atom. The average Bonchev–Trinajstić information content (AvgIpc) is 1.48. The zero-order valence-electron chi connectivity index (χ0n) is 51.7. The summed E-state index contributed by atoms with van der Waals surface area (Å²) in [4.78, 5) is 2.48. The summed E-state index contributed by atoms with van der Waals surface area (Å²) in [5.41, 5.74) is 30.8. The molecule has 1 aliphatic carbocycles. The van der Waals surface area contributed by atoms with Gasteiger partial charge in [0.1, 0.15) is 0 Å². The van der Waals surface area contributed by atoms with Gasteiger partial charge >= 0.3 is 0 Å². The third-order valence-corrected chi connectivity index (χ3v) is 19.1. The van der Waals surface area contributed by atoms with Crippen LogP contribution in [0.5, 0.6) is 0 Å². The molecule has 0 saturated heterocycles. The van der Waals surface area contributed by atoms with E-state index < -0.39 is 5.41 Å². The second kappa shape index (κ2) is 23.8. The van der Waals surface area contributed by atoms with Gasteiger partial charge in [-0.2, -0.15) is 0 Å². The molecule has 1 aliphatic heterocycles. The first-order valence-electron chi connectivity index (χ1n) is 32.4. The molecule has 94 heavy (non-hydrogen) atoms. The lowest BCUT2D eigenvalue weighted by molar-refractivity contribution is 0.748. The maximum absolute atomic E-state index is 3.63. The van der Waals surface area contributed by atoms with E-state index in [2.05, 4.69) is 379 Å². The first kappa shape index (κ1) is 55.7. The van der Waals surface area contributed by atoms with Crippen molar-refractivity contribution in [3.63, 3.8) is 0 Å². The Kier molecular flexibility index (Phi) is 14.1. The number of para-hydroxylation sites is 5. The summed E-state index contributed by atoms with van der Waals surface area (Å²) in [6.07, 6.45) is 0. The van der Waals surface area contributed by atoms with E-state index in [1.54, 1.807) is 0 Å². The Morgan fingerprint density at radius 1 is 0.255 bits per heavy atom. The van der Waals surface area contributed by atoms with E-state index in [9.17, 15) is 0 Å². The number of anilines is 5. The van der Waals surface area contributed by atoms with E-state index in [0.717, 1.165) is 34.0 Å². The number of nitrogens with zero attached hydrogens (tertiary/aromatic N) is 2. The minimum absolute atomic E-state index is 0.563. The van der Waals surface area contributed by atoms with Crippen molar-refractivity contribution in [2.24, 2.45) is 0 Å². The molecule has 1 atom stereocenters. The molecular weight excluding hydrogens is 1140 g/mol. The molecule has 0 amide bonds. The number of aromatic nitrogens is 1. The van der Waals surface area contributed by atoms with Gasteiger partial charge in [0.15, 0.2) is 0 Å². The zero-order chi connectivity index (χ0) is 62.4. The quantitative estimate of drug-likeness (QED) is 0.139. The lowest BCUT2D eigenvalue weighted by Crippen LogP contribution is -2.33. The molecule has 1 N–H and O–H groups in total. The van der Waals surface area contributed by atoms with Gasteiger partial charge in [-0.15, -0.1) is 0 Å². The summed E-state index contributed by atoms with van der Waals surface area (Å²) in [6, 6.07) is 136. The Bertz CT molecular complexity index is 5440. The molecular formula is C91H63N3. The largest absolute Gasteiger partial charge is 0.355 e. The van der Waals surface area contributed by atoms with Crippen LogP contribution >= 0.6 is 0 Å². The van der Waals surface area contributed by atoms with Gasteiger partial charge in [0, 0.05) is 44.6 Å². The summed E-state index contributed by atoms with van der Waals surface area (Å²) >= 11 is 0. The van der Waals surface area contributed by atoms with E-state index in [4.69, 9.17) is 0 Å². The number of benzene rings is 15. The van der Waals surface area contributed by atoms with Crippen molar-refractivity contribution in [2.75, 3.05) is 10.2 Å². The smallest absolute Gasteiger partial charge is 0.0755 e. The lowest BCUT2D eigenvalue weighted by atomic mass is 9.65. The third-order valence-electron chi connectivity index (χ3n) is 19.1. The van der Waals surface area contributed by atoms with E-state index in [1.165, 1.54) is 122 Å². The van der Waals surface area contributed by atoms with Crippen molar-refractivity contribution < 1.29 is 0 Å². The van der Waals surface area contributed by atoms with Crippen molar-refractivity contribution in [3.05, 3.63) is 398 Å². The number of hydrogen-bond donors (Lipinski definition) is 1. The van der Waals surface area contributed by atoms with Crippen LogP contribution in [0.4, 0.5) is 28.4 Å². The van der Waals surface area contributed by atoms with E-state index >= 15 is 0 Å². The van der Waals surface area contributed by atoms with Gasteiger partial charge in [-0.05, 0) is 150 Å². The van der Waals surface area contributed by atoms with Crippen LogP contribution in [0, 0.1) is 0 Å². The fourth-order valence-corrected chi connectivity index (χ4v) is 14.8. The predicted octanol–water partition coefficient (Wildman–Crippen LogP) is 24.4. The Morgan fingerprint density at radius 2 is 0.702 bits per heavy atom. The highest BCUT2D eigenvalue weighted by atomic mass is 15.1. The Hall–Kier alpha value is -12.3. The first-order valence-corrected chi connectivity index (χ1v) is 32.4. The van der Waals surface area contributed by atoms with Crippen LogP contribution in [0.2, 0.25) is 0 Å². The molecule has 16 aromatic rings. The van der Waals surface area contributed by atoms with Crippen LogP contribution in [0.1, 0.15) is 22.3 Å². The predicted molar refractivity (Wildman–Crippen MR) is 395 cm³/mol. The molecule has 1 aromatic heterocycles. The first-order chi connectivity index (χ1) is 46.6. The van der Waals surface area contributed by atoms with Gasteiger partial charge in [-0.25, -0.2) is 0 Å². The molecule has 1 spiro atoms. The zero-order valence-corrected chi connectivity index (χ0v) is 51.7. The molecule has 0 radical (unpaired) electrons. The lowest BCUT2D eigenvalue weighted by Gasteiger charge is -2.40. The van der Waals surface area contributed by atoms with Crippen molar-refractivity contribution >= 4 is 50.2 Å². The number of fused-ring (bicyclic) bond motifs is 12. The van der Waals surface area contributed by atoms with Crippen LogP contribution in [0.15, 0.2) is 376 Å². The number of nitrogens with one attached hydrogen (secondary N) is 1. The molecule has 15 aromatic carbocycles. The topological polar surface area (TPSA) is 20.2 Å². The molecule has 2 aliphatic rings. The van der Waals surface area contributed by atoms with Crippen LogP contribution in [-0.4, -0.2) is 4.57 Å². The fraction of sp³-hybridized carbons (Fsp3) is 0.0110. The van der Waals surface area contributed by atoms with Gasteiger partial charge in [0.05, 0.1) is 27.8 Å². The van der Waals surface area contributed by atoms with Crippen molar-refractivity contribution in [1.82, 2.24) is 4.57 Å². The van der Waals surface area contributed by atoms with Gasteiger partial charge in [0.25, 0.3) is 0 Å². The maximum atomic E-state index is 3.63. The number of hydrogen-bond acceptors (Lipinski definition) is 2. The summed E-state index contributed by atoms with van der Waals surface area (Å²) in [7, 11) is 0. The molecule has 18 rings (SSSR count). The normalized spacial score (nSPS) is 13.1. The van der Waals surface area contributed by atoms with Gasteiger partial charge in [0.2, 0.25) is 0 Å². The van der Waals surface area contributed by atoms with E-state index in [1.807, 2.05) is 12.1 Å². The van der Waals surface area contributed by atoms with Gasteiger partial charge in [-0.3, -0.25) is 0 Å². The average molecular weight is 1200 g/mol. The van der Waals surface area contributed by atoms with Crippen molar-refractivity contribution in [2.45, 2.75) is 5.41 Å². The minimum Gasteiger partial charge on any atom is -0.355 e. The second-order valence-electron chi connectivity index (χ2n) is 24.4. The molecule has 0 fully saturated rings. The Labute approximate surface area is 549 Å². The molecule has 442 valence electrons. The summed E-state index contributed by atoms with van der Waals surface area (Å²) in [5.74, 6) is 0. The van der Waals surface area contributed by atoms with Gasteiger partial charge in [-0.1, -0.05) is 315 Å². The maximum Gasteiger partial charge on any atom is 0.0755 e. The van der Waals surface area contributed by atoms with Crippen LogP contribution in [-0.2, 0) is 5.41 Å². The summed E-state index contributed by atoms with van der Waals surface area (Å²) < 4.78 is 2.52. The van der Waals surface area contributed by atoms with E-state index in [0.29, 0.717) is 0 Å². The molecule has 3 heteroatoms. The van der Waals surface area contributed by atoms with Crippen molar-refractivity contribution in [3.8, 4) is 83.6 Å². The standard InChI is InChI=1S/C61H40N2.C30H23N/c1-3-17-41(18-4-1)43-33-35-44(36-34-43)48-23-8-12-30-57(48)62(46-22-15-21-45(39-46)42-19-5-2-6-20-42)47-37-38-50-49-24-7-10-27-53(49)61(56(50)40-47)54-28-11-14-32-59(54)63-58-31-13-9-25-51(58)52-26-16-29-55(61)60(52)63;1-3-10-23(11-4-1)25-18-20-26(21-19-25)29-16-7-8-17-30(29)31-28-15-9-14-27(22-28)24-12-5-2-6-13-24/h1-40H;1-22,31H. The van der Waals surface area contributed by atoms with Crippen LogP contribution in [0.25, 0.3) is 105 Å². The molecule has 0 saturated carbocycles. The van der Waals surface area contributed by atoms with Crippen molar-refractivity contribution in [1.29, 1.82) is 0 Å². The summed E-state index contributed by atoms with van der Waals surface area (Å²) in [6.45, 7) is 0. The highest BCUT2D eigenvalue weighted by Gasteiger charge is 2.51. The monoisotopic (exact) mass is 1200 g/mol. The molecule has 3 nitrogen and oxygen atoms in total.